The molecule has 0 bridgehead atoms. The van der Waals surface area contributed by atoms with E-state index >= 15 is 0 Å². The molecular formula is C18H21N5O3. The van der Waals surface area contributed by atoms with Crippen molar-refractivity contribution >= 4 is 11.8 Å². The lowest BCUT2D eigenvalue weighted by molar-refractivity contribution is -0.121. The number of nitrogens with zero attached hydrogens (tertiary/aromatic N) is 3. The van der Waals surface area contributed by atoms with Crippen LogP contribution in [0, 0.1) is 6.92 Å². The zero-order valence-corrected chi connectivity index (χ0v) is 14.6. The van der Waals surface area contributed by atoms with Crippen LogP contribution in [-0.4, -0.2) is 50.8 Å². The topological polar surface area (TPSA) is 108 Å². The van der Waals surface area contributed by atoms with Crippen molar-refractivity contribution in [3.63, 3.8) is 0 Å². The van der Waals surface area contributed by atoms with Gasteiger partial charge in [-0.25, -0.2) is 4.98 Å². The Morgan fingerprint density at radius 2 is 2.12 bits per heavy atom. The number of rotatable bonds is 4. The summed E-state index contributed by atoms with van der Waals surface area (Å²) in [5, 5.41) is 3.01. The normalized spacial score (nSPS) is 14.9. The van der Waals surface area contributed by atoms with E-state index in [4.69, 9.17) is 0 Å². The summed E-state index contributed by atoms with van der Waals surface area (Å²) < 4.78 is 0. The molecule has 1 aliphatic heterocycles. The van der Waals surface area contributed by atoms with Gasteiger partial charge >= 0.3 is 0 Å². The molecule has 0 radical (unpaired) electrons. The molecule has 3 rings (SSSR count). The quantitative estimate of drug-likeness (QED) is 0.827. The molecular weight excluding hydrogens is 334 g/mol. The van der Waals surface area contributed by atoms with Crippen molar-refractivity contribution in [3.8, 4) is 0 Å². The zero-order chi connectivity index (χ0) is 18.5. The van der Waals surface area contributed by atoms with Crippen LogP contribution >= 0.6 is 0 Å². The Bertz CT molecular complexity index is 841. The average molecular weight is 355 g/mol. The number of carbonyl (C=O) groups excluding carboxylic acids is 2. The van der Waals surface area contributed by atoms with Gasteiger partial charge in [-0.05, 0) is 31.4 Å². The van der Waals surface area contributed by atoms with Gasteiger partial charge in [0, 0.05) is 37.6 Å². The molecule has 26 heavy (non-hydrogen) atoms. The molecule has 136 valence electrons. The maximum atomic E-state index is 12.5. The Morgan fingerprint density at radius 1 is 1.35 bits per heavy atom. The average Bonchev–Trinajstić information content (AvgIpc) is 2.61. The van der Waals surface area contributed by atoms with E-state index < -0.39 is 0 Å². The molecule has 0 atom stereocenters. The second kappa shape index (κ2) is 7.90. The van der Waals surface area contributed by atoms with Crippen LogP contribution in [0.1, 0.15) is 34.7 Å². The predicted octanol–water partition coefficient (Wildman–Crippen LogP) is 0.437. The number of amides is 2. The van der Waals surface area contributed by atoms with Gasteiger partial charge in [0.2, 0.25) is 5.91 Å². The Morgan fingerprint density at radius 3 is 2.77 bits per heavy atom. The highest BCUT2D eigenvalue weighted by molar-refractivity contribution is 5.92. The lowest BCUT2D eigenvalue weighted by Crippen LogP contribution is -2.47. The first-order valence-corrected chi connectivity index (χ1v) is 8.57. The first-order chi connectivity index (χ1) is 12.5. The van der Waals surface area contributed by atoms with E-state index in [0.717, 1.165) is 5.56 Å². The highest BCUT2D eigenvalue weighted by Crippen LogP contribution is 2.13. The summed E-state index contributed by atoms with van der Waals surface area (Å²) in [6.45, 7) is 2.68. The molecule has 1 fully saturated rings. The molecule has 8 nitrogen and oxygen atoms in total. The number of hydrogen-bond acceptors (Lipinski definition) is 5. The molecule has 1 aliphatic rings. The minimum atomic E-state index is -0.335. The first-order valence-electron chi connectivity index (χ1n) is 8.57. The van der Waals surface area contributed by atoms with E-state index in [1.54, 1.807) is 30.3 Å². The van der Waals surface area contributed by atoms with Gasteiger partial charge in [0.1, 0.15) is 11.5 Å². The lowest BCUT2D eigenvalue weighted by Gasteiger charge is -2.32. The fraction of sp³-hybridized carbons (Fsp3) is 0.389. The molecule has 2 N–H and O–H groups in total. The molecule has 2 aromatic heterocycles. The fourth-order valence-electron chi connectivity index (χ4n) is 3.04. The van der Waals surface area contributed by atoms with Gasteiger partial charge < -0.3 is 15.2 Å². The van der Waals surface area contributed by atoms with Crippen molar-refractivity contribution in [1.82, 2.24) is 25.2 Å². The second-order valence-electron chi connectivity index (χ2n) is 6.39. The number of pyridine rings is 1. The Kier molecular flexibility index (Phi) is 5.40. The number of H-pyrrole nitrogens is 1. The van der Waals surface area contributed by atoms with Crippen molar-refractivity contribution in [2.45, 2.75) is 32.2 Å². The third-order valence-electron chi connectivity index (χ3n) is 4.31. The summed E-state index contributed by atoms with van der Waals surface area (Å²) in [6, 6.07) is 4.93. The Balaban J connectivity index is 1.51. The molecule has 3 heterocycles. The fourth-order valence-corrected chi connectivity index (χ4v) is 3.04. The van der Waals surface area contributed by atoms with E-state index in [1.807, 2.05) is 6.07 Å². The number of nitrogens with one attached hydrogen (secondary N) is 2. The van der Waals surface area contributed by atoms with E-state index in [0.29, 0.717) is 38.2 Å². The summed E-state index contributed by atoms with van der Waals surface area (Å²) in [4.78, 5) is 48.4. The van der Waals surface area contributed by atoms with Gasteiger partial charge in [-0.1, -0.05) is 6.07 Å². The van der Waals surface area contributed by atoms with Crippen molar-refractivity contribution in [2.75, 3.05) is 13.1 Å². The summed E-state index contributed by atoms with van der Waals surface area (Å²) in [7, 11) is 0. The maximum absolute atomic E-state index is 12.5. The molecule has 0 spiro atoms. The summed E-state index contributed by atoms with van der Waals surface area (Å²) in [6.07, 6.45) is 4.99. The standard InChI is InChI=1S/C18H21N5O3/c1-12-20-15(10-17(25)21-12)18(26)23-7-4-14(5-8-23)22-16(24)9-13-3-2-6-19-11-13/h2-3,6,10-11,14H,4-5,7-9H2,1H3,(H,22,24)(H,20,21,25). The molecule has 2 aromatic rings. The predicted molar refractivity (Wildman–Crippen MR) is 94.6 cm³/mol. The van der Waals surface area contributed by atoms with Gasteiger partial charge in [-0.3, -0.25) is 19.4 Å². The van der Waals surface area contributed by atoms with Crippen molar-refractivity contribution in [2.24, 2.45) is 0 Å². The maximum Gasteiger partial charge on any atom is 0.272 e. The van der Waals surface area contributed by atoms with Crippen LogP contribution < -0.4 is 10.9 Å². The largest absolute Gasteiger partial charge is 0.353 e. The minimum Gasteiger partial charge on any atom is -0.353 e. The van der Waals surface area contributed by atoms with Gasteiger partial charge in [0.25, 0.3) is 11.5 Å². The SMILES string of the molecule is Cc1nc(C(=O)N2CCC(NC(=O)Cc3cccnc3)CC2)cc(=O)[nH]1. The number of piperidine rings is 1. The summed E-state index contributed by atoms with van der Waals surface area (Å²) in [5.74, 6) is 0.118. The van der Waals surface area contributed by atoms with Crippen molar-refractivity contribution in [1.29, 1.82) is 0 Å². The van der Waals surface area contributed by atoms with Crippen LogP contribution in [0.3, 0.4) is 0 Å². The molecule has 0 saturated carbocycles. The lowest BCUT2D eigenvalue weighted by atomic mass is 10.0. The number of aromatic nitrogens is 3. The van der Waals surface area contributed by atoms with Crippen LogP contribution in [0.5, 0.6) is 0 Å². The van der Waals surface area contributed by atoms with E-state index in [-0.39, 0.29) is 29.1 Å². The molecule has 0 aliphatic carbocycles. The number of aromatic amines is 1. The van der Waals surface area contributed by atoms with Gasteiger partial charge in [-0.2, -0.15) is 0 Å². The second-order valence-corrected chi connectivity index (χ2v) is 6.39. The number of hydrogen-bond donors (Lipinski definition) is 2. The molecule has 8 heteroatoms. The Labute approximate surface area is 150 Å². The summed E-state index contributed by atoms with van der Waals surface area (Å²) >= 11 is 0. The molecule has 0 aromatic carbocycles. The molecule has 1 saturated heterocycles. The van der Waals surface area contributed by atoms with Gasteiger partial charge in [0.15, 0.2) is 0 Å². The van der Waals surface area contributed by atoms with E-state index in [2.05, 4.69) is 20.3 Å². The minimum absolute atomic E-state index is 0.0390. The third kappa shape index (κ3) is 4.53. The third-order valence-corrected chi connectivity index (χ3v) is 4.31. The highest BCUT2D eigenvalue weighted by Gasteiger charge is 2.25. The van der Waals surface area contributed by atoms with Crippen LogP contribution in [0.25, 0.3) is 0 Å². The number of likely N-dealkylation sites (tertiary alicyclic amines) is 1. The van der Waals surface area contributed by atoms with Crippen LogP contribution in [0.2, 0.25) is 0 Å². The number of aryl methyl sites for hydroxylation is 1. The first kappa shape index (κ1) is 17.8. The monoisotopic (exact) mass is 355 g/mol. The Hall–Kier alpha value is -3.03. The van der Waals surface area contributed by atoms with Gasteiger partial charge in [-0.15, -0.1) is 0 Å². The van der Waals surface area contributed by atoms with Crippen molar-refractivity contribution < 1.29 is 9.59 Å². The molecule has 2 amide bonds. The van der Waals surface area contributed by atoms with Crippen LogP contribution in [-0.2, 0) is 11.2 Å². The molecule has 0 unspecified atom stereocenters. The van der Waals surface area contributed by atoms with Crippen LogP contribution in [0.15, 0.2) is 35.4 Å². The highest BCUT2D eigenvalue weighted by atomic mass is 16.2. The van der Waals surface area contributed by atoms with Gasteiger partial charge in [0.05, 0.1) is 6.42 Å². The van der Waals surface area contributed by atoms with Crippen LogP contribution in [0.4, 0.5) is 0 Å². The van der Waals surface area contributed by atoms with Crippen molar-refractivity contribution in [3.05, 3.63) is 58.0 Å². The zero-order valence-electron chi connectivity index (χ0n) is 14.6. The smallest absolute Gasteiger partial charge is 0.272 e. The number of carbonyl (C=O) groups is 2. The summed E-state index contributed by atoms with van der Waals surface area (Å²) in [5.41, 5.74) is 0.692. The van der Waals surface area contributed by atoms with E-state index in [9.17, 15) is 14.4 Å². The van der Waals surface area contributed by atoms with E-state index in [1.165, 1.54) is 6.07 Å².